The number of aromatic nitrogens is 4. The fraction of sp³-hybridized carbons (Fsp3) is 0.0556. The summed E-state index contributed by atoms with van der Waals surface area (Å²) in [6.45, 7) is 0. The Balaban J connectivity index is 1.39. The topological polar surface area (TPSA) is 68.7 Å². The van der Waals surface area contributed by atoms with Gasteiger partial charge in [0.2, 0.25) is 0 Å². The van der Waals surface area contributed by atoms with Gasteiger partial charge in [0.25, 0.3) is 11.1 Å². The van der Waals surface area contributed by atoms with Crippen LogP contribution in [0.3, 0.4) is 0 Å². The van der Waals surface area contributed by atoms with Crippen LogP contribution in [0.25, 0.3) is 88.6 Å². The molecule has 2 aliphatic rings. The van der Waals surface area contributed by atoms with Crippen LogP contribution >= 0.6 is 0 Å². The third-order valence-corrected chi connectivity index (χ3v) is 9.70. The number of nitrogens with zero attached hydrogens (tertiary/aromatic N) is 4. The van der Waals surface area contributed by atoms with Crippen molar-refractivity contribution in [2.75, 3.05) is 0 Å². The first-order valence-corrected chi connectivity index (χ1v) is 14.2. The molecule has 0 spiro atoms. The maximum atomic E-state index is 14.0. The first kappa shape index (κ1) is 21.2. The Morgan fingerprint density at radius 3 is 1.40 bits per heavy atom. The lowest BCUT2D eigenvalue weighted by Crippen LogP contribution is -2.34. The van der Waals surface area contributed by atoms with Crippen LogP contribution in [0.15, 0.2) is 82.4 Å². The molecular formula is C36H18N4O2. The highest BCUT2D eigenvalue weighted by molar-refractivity contribution is 6.28. The van der Waals surface area contributed by atoms with E-state index < -0.39 is 0 Å². The van der Waals surface area contributed by atoms with Crippen LogP contribution in [-0.2, 0) is 12.8 Å². The van der Waals surface area contributed by atoms with Gasteiger partial charge >= 0.3 is 0 Å². The summed E-state index contributed by atoms with van der Waals surface area (Å²) < 4.78 is 3.54. The van der Waals surface area contributed by atoms with Crippen LogP contribution in [0, 0.1) is 0 Å². The summed E-state index contributed by atoms with van der Waals surface area (Å²) in [7, 11) is 0. The number of imidazole rings is 2. The number of rotatable bonds is 0. The van der Waals surface area contributed by atoms with Crippen molar-refractivity contribution in [3.8, 4) is 0 Å². The summed E-state index contributed by atoms with van der Waals surface area (Å²) in [6.07, 6.45) is 5.53. The monoisotopic (exact) mass is 538 g/mol. The zero-order chi connectivity index (χ0) is 27.4. The van der Waals surface area contributed by atoms with Gasteiger partial charge in [-0.15, -0.1) is 0 Å². The van der Waals surface area contributed by atoms with Gasteiger partial charge in [-0.2, -0.15) is 0 Å². The fourth-order valence-electron chi connectivity index (χ4n) is 8.03. The normalized spacial score (nSPS) is 14.1. The molecule has 0 aliphatic heterocycles. The van der Waals surface area contributed by atoms with Crippen molar-refractivity contribution in [2.24, 2.45) is 0 Å². The summed E-state index contributed by atoms with van der Waals surface area (Å²) in [5, 5.41) is 9.98. The Bertz CT molecular complexity index is 2850. The minimum Gasteiger partial charge on any atom is -0.268 e. The molecular weight excluding hydrogens is 520 g/mol. The van der Waals surface area contributed by atoms with E-state index in [0.29, 0.717) is 24.1 Å². The summed E-state index contributed by atoms with van der Waals surface area (Å²) >= 11 is 0. The number of para-hydroxylation sites is 4. The third kappa shape index (κ3) is 2.19. The second-order valence-electron chi connectivity index (χ2n) is 11.6. The van der Waals surface area contributed by atoms with E-state index in [-0.39, 0.29) is 11.1 Å². The van der Waals surface area contributed by atoms with Crippen molar-refractivity contribution in [1.29, 1.82) is 0 Å². The molecule has 6 nitrogen and oxygen atoms in total. The molecule has 6 heteroatoms. The van der Waals surface area contributed by atoms with E-state index in [9.17, 15) is 9.59 Å². The molecule has 9 aromatic rings. The largest absolute Gasteiger partial charge is 0.268 e. The van der Waals surface area contributed by atoms with Crippen molar-refractivity contribution in [1.82, 2.24) is 18.8 Å². The highest BCUT2D eigenvalue weighted by atomic mass is 16.1. The second kappa shape index (κ2) is 6.81. The van der Waals surface area contributed by atoms with Gasteiger partial charge in [0, 0.05) is 32.0 Å². The van der Waals surface area contributed by atoms with Gasteiger partial charge in [0.1, 0.15) is 11.3 Å². The Hall–Kier alpha value is -5.62. The zero-order valence-electron chi connectivity index (χ0n) is 22.1. The minimum absolute atomic E-state index is 0.0183. The summed E-state index contributed by atoms with van der Waals surface area (Å²) in [5.41, 5.74) is 7.17. The molecule has 0 bridgehead atoms. The maximum absolute atomic E-state index is 14.0. The van der Waals surface area contributed by atoms with Crippen LogP contribution in [-0.4, -0.2) is 18.8 Å². The Morgan fingerprint density at radius 2 is 0.929 bits per heavy atom. The molecule has 5 aromatic carbocycles. The number of pyridine rings is 2. The fourth-order valence-corrected chi connectivity index (χ4v) is 8.03. The number of hydrogen-bond donors (Lipinski definition) is 0. The van der Waals surface area contributed by atoms with Gasteiger partial charge in [-0.1, -0.05) is 48.6 Å². The Labute approximate surface area is 235 Å². The van der Waals surface area contributed by atoms with Crippen molar-refractivity contribution in [3.63, 3.8) is 0 Å². The molecule has 0 saturated heterocycles. The van der Waals surface area contributed by atoms with E-state index in [1.807, 2.05) is 48.5 Å². The molecule has 194 valence electrons. The molecule has 11 rings (SSSR count). The minimum atomic E-state index is -0.0183. The highest BCUT2D eigenvalue weighted by Crippen LogP contribution is 2.42. The van der Waals surface area contributed by atoms with E-state index in [0.717, 1.165) is 75.6 Å². The third-order valence-electron chi connectivity index (χ3n) is 9.70. The number of fused-ring (bicyclic) bond motifs is 10. The van der Waals surface area contributed by atoms with Gasteiger partial charge in [0.15, 0.2) is 0 Å². The number of hydrogen-bond acceptors (Lipinski definition) is 4. The first-order valence-electron chi connectivity index (χ1n) is 14.2. The highest BCUT2D eigenvalue weighted by Gasteiger charge is 2.26. The molecule has 42 heavy (non-hydrogen) atoms. The summed E-state index contributed by atoms with van der Waals surface area (Å²) in [4.78, 5) is 37.8. The molecule has 0 fully saturated rings. The average Bonchev–Trinajstić information content (AvgIpc) is 3.61. The van der Waals surface area contributed by atoms with Crippen LogP contribution in [0.2, 0.25) is 0 Å². The maximum Gasteiger partial charge on any atom is 0.264 e. The van der Waals surface area contributed by atoms with E-state index in [1.165, 1.54) is 11.1 Å². The Kier molecular flexibility index (Phi) is 3.43. The Morgan fingerprint density at radius 1 is 0.500 bits per heavy atom. The summed E-state index contributed by atoms with van der Waals surface area (Å²) in [6, 6.07) is 24.3. The molecule has 0 N–H and O–H groups in total. The van der Waals surface area contributed by atoms with Crippen molar-refractivity contribution in [2.45, 2.75) is 12.8 Å². The zero-order valence-corrected chi connectivity index (χ0v) is 22.1. The molecule has 0 saturated carbocycles. The lowest BCUT2D eigenvalue weighted by molar-refractivity contribution is 1.13. The SMILES string of the molecule is O=c1c2c3c(ccc4c5ccc6c7c(c(=O)n8c9ccccc9nc68)=CCc(c(c43)CC=2)c57)c2nc3ccccc3n12. The standard InChI is InChI=1S/C36H18N4O2/c41-35-23-15-11-19-20-12-16-24-32-22(34-38-26-6-2-4-8-28(26)40(34)36(24)42)14-10-18(30(20)32)17-9-13-21(31(23)29(17)19)33-37-25-5-1-3-7-27(25)39(33)35/h1-10,13-16H,11-12H2. The molecule has 0 unspecified atom stereocenters. The molecule has 4 heterocycles. The number of benzene rings is 5. The van der Waals surface area contributed by atoms with Gasteiger partial charge in [-0.25, -0.2) is 9.97 Å². The van der Waals surface area contributed by atoms with Crippen LogP contribution in [0.5, 0.6) is 0 Å². The van der Waals surface area contributed by atoms with E-state index in [1.54, 1.807) is 8.80 Å². The smallest absolute Gasteiger partial charge is 0.264 e. The van der Waals surface area contributed by atoms with E-state index >= 15 is 0 Å². The molecule has 2 aliphatic carbocycles. The molecule has 0 amide bonds. The van der Waals surface area contributed by atoms with Gasteiger partial charge in [0.05, 0.1) is 22.1 Å². The van der Waals surface area contributed by atoms with Crippen LogP contribution < -0.4 is 21.6 Å². The van der Waals surface area contributed by atoms with Crippen molar-refractivity contribution in [3.05, 3.63) is 115 Å². The predicted octanol–water partition coefficient (Wildman–Crippen LogP) is 4.73. The summed E-state index contributed by atoms with van der Waals surface area (Å²) in [5.74, 6) is 0. The van der Waals surface area contributed by atoms with Crippen LogP contribution in [0.1, 0.15) is 11.1 Å². The predicted molar refractivity (Wildman–Crippen MR) is 168 cm³/mol. The van der Waals surface area contributed by atoms with Crippen LogP contribution in [0.4, 0.5) is 0 Å². The molecule has 0 radical (unpaired) electrons. The van der Waals surface area contributed by atoms with E-state index in [4.69, 9.17) is 9.97 Å². The van der Waals surface area contributed by atoms with Gasteiger partial charge < -0.3 is 0 Å². The second-order valence-corrected chi connectivity index (χ2v) is 11.6. The average molecular weight is 539 g/mol. The van der Waals surface area contributed by atoms with E-state index in [2.05, 4.69) is 36.4 Å². The van der Waals surface area contributed by atoms with Crippen molar-refractivity contribution < 1.29 is 0 Å². The molecule has 4 aromatic heterocycles. The van der Waals surface area contributed by atoms with Gasteiger partial charge in [-0.05, 0) is 81.9 Å². The molecule has 0 atom stereocenters. The first-order chi connectivity index (χ1) is 20.7. The lowest BCUT2D eigenvalue weighted by atomic mass is 9.81. The quantitative estimate of drug-likeness (QED) is 0.262. The van der Waals surface area contributed by atoms with Crippen molar-refractivity contribution >= 4 is 88.6 Å². The van der Waals surface area contributed by atoms with Gasteiger partial charge in [-0.3, -0.25) is 18.4 Å². The lowest BCUT2D eigenvalue weighted by Gasteiger charge is -2.23.